The molecule has 5 rings (SSSR count). The van der Waals surface area contributed by atoms with Gasteiger partial charge < -0.3 is 14.8 Å². The molecule has 32 heavy (non-hydrogen) atoms. The standard InChI is InChI=1S/C18H11FN8O5/c19-10-3-1-2-4-11(10)21-15-16(23-18-17(22-15)25-32-26-18)24-20-7-9-5-13-14(31-8-30-13)6-12(9)27(28)29/h1-7H,8H2,(H,21,22,25)(H,23,24,26). The molecule has 0 saturated heterocycles. The number of nitrogens with zero attached hydrogens (tertiary/aromatic N) is 6. The highest BCUT2D eigenvalue weighted by Crippen LogP contribution is 2.37. The zero-order chi connectivity index (χ0) is 22.1. The Hall–Kier alpha value is -4.88. The largest absolute Gasteiger partial charge is 0.454 e. The Balaban J connectivity index is 1.47. The third-order valence-electron chi connectivity index (χ3n) is 4.33. The number of para-hydroxylation sites is 1. The number of hydrogen-bond acceptors (Lipinski definition) is 12. The van der Waals surface area contributed by atoms with E-state index in [0.29, 0.717) is 5.75 Å². The number of hydrogen-bond donors (Lipinski definition) is 2. The second kappa shape index (κ2) is 7.75. The minimum absolute atomic E-state index is 0.0300. The molecule has 0 aliphatic carbocycles. The first kappa shape index (κ1) is 19.1. The van der Waals surface area contributed by atoms with E-state index in [-0.39, 0.29) is 52.4 Å². The van der Waals surface area contributed by atoms with Crippen LogP contribution in [-0.4, -0.2) is 38.2 Å². The maximum Gasteiger partial charge on any atom is 0.282 e. The first-order valence-electron chi connectivity index (χ1n) is 8.97. The quantitative estimate of drug-likeness (QED) is 0.258. The summed E-state index contributed by atoms with van der Waals surface area (Å²) in [6.07, 6.45) is 1.21. The normalized spacial score (nSPS) is 12.4. The number of halogens is 1. The Morgan fingerprint density at radius 1 is 1.09 bits per heavy atom. The zero-order valence-electron chi connectivity index (χ0n) is 15.9. The van der Waals surface area contributed by atoms with Crippen LogP contribution in [-0.2, 0) is 0 Å². The number of fused-ring (bicyclic) bond motifs is 2. The maximum absolute atomic E-state index is 14.1. The highest BCUT2D eigenvalue weighted by molar-refractivity contribution is 5.88. The summed E-state index contributed by atoms with van der Waals surface area (Å²) in [5.74, 6) is 0.242. The Kier molecular flexibility index (Phi) is 4.63. The molecule has 2 N–H and O–H groups in total. The SMILES string of the molecule is O=[N+]([O-])c1cc2c(cc1C=NNc1nc3nonc3nc1Nc1ccccc1F)OCO2. The Labute approximate surface area is 177 Å². The van der Waals surface area contributed by atoms with Gasteiger partial charge in [0.15, 0.2) is 23.1 Å². The lowest BCUT2D eigenvalue weighted by Gasteiger charge is -2.09. The summed E-state index contributed by atoms with van der Waals surface area (Å²) in [6.45, 7) is -0.0300. The molecule has 0 unspecified atom stereocenters. The van der Waals surface area contributed by atoms with Crippen LogP contribution < -0.4 is 20.2 Å². The van der Waals surface area contributed by atoms with Crippen LogP contribution in [0.1, 0.15) is 5.56 Å². The van der Waals surface area contributed by atoms with Crippen molar-refractivity contribution in [3.05, 3.63) is 57.9 Å². The average molecular weight is 438 g/mol. The predicted molar refractivity (Wildman–Crippen MR) is 108 cm³/mol. The molecule has 0 fully saturated rings. The van der Waals surface area contributed by atoms with Crippen molar-refractivity contribution in [3.8, 4) is 11.5 Å². The zero-order valence-corrected chi connectivity index (χ0v) is 15.9. The fourth-order valence-electron chi connectivity index (χ4n) is 2.86. The number of nitrogens with one attached hydrogen (secondary N) is 2. The first-order chi connectivity index (χ1) is 15.6. The Morgan fingerprint density at radius 3 is 2.56 bits per heavy atom. The van der Waals surface area contributed by atoms with Gasteiger partial charge in [-0.3, -0.25) is 15.5 Å². The highest BCUT2D eigenvalue weighted by atomic mass is 19.1. The summed E-state index contributed by atoms with van der Waals surface area (Å²) in [6, 6.07) is 8.64. The minimum atomic E-state index is -0.568. The third kappa shape index (κ3) is 3.55. The van der Waals surface area contributed by atoms with Crippen LogP contribution in [0.5, 0.6) is 11.5 Å². The fourth-order valence-corrected chi connectivity index (χ4v) is 2.86. The van der Waals surface area contributed by atoms with E-state index in [1.165, 1.54) is 30.5 Å². The molecule has 0 saturated carbocycles. The van der Waals surface area contributed by atoms with Gasteiger partial charge in [-0.1, -0.05) is 12.1 Å². The van der Waals surface area contributed by atoms with Gasteiger partial charge in [0.25, 0.3) is 5.69 Å². The summed E-state index contributed by atoms with van der Waals surface area (Å²) in [5, 5.41) is 25.4. The molecule has 0 atom stereocenters. The number of rotatable bonds is 6. The molecule has 14 heteroatoms. The van der Waals surface area contributed by atoms with Crippen LogP contribution in [0.2, 0.25) is 0 Å². The highest BCUT2D eigenvalue weighted by Gasteiger charge is 2.22. The lowest BCUT2D eigenvalue weighted by Crippen LogP contribution is -2.04. The van der Waals surface area contributed by atoms with Crippen LogP contribution in [0.3, 0.4) is 0 Å². The number of nitro groups is 1. The molecule has 4 aromatic rings. The van der Waals surface area contributed by atoms with Crippen molar-refractivity contribution in [2.45, 2.75) is 0 Å². The second-order valence-electron chi connectivity index (χ2n) is 6.33. The fraction of sp³-hybridized carbons (Fsp3) is 0.0556. The van der Waals surface area contributed by atoms with Gasteiger partial charge >= 0.3 is 0 Å². The number of benzene rings is 2. The van der Waals surface area contributed by atoms with Gasteiger partial charge in [-0.2, -0.15) is 10.1 Å². The molecule has 160 valence electrons. The van der Waals surface area contributed by atoms with Crippen molar-refractivity contribution >= 4 is 40.5 Å². The molecular formula is C18H11FN8O5. The van der Waals surface area contributed by atoms with Crippen LogP contribution in [0, 0.1) is 15.9 Å². The van der Waals surface area contributed by atoms with E-state index in [1.807, 2.05) is 0 Å². The number of nitro benzene ring substituents is 1. The summed E-state index contributed by atoms with van der Waals surface area (Å²) >= 11 is 0. The van der Waals surface area contributed by atoms with Crippen molar-refractivity contribution in [1.82, 2.24) is 20.3 Å². The Morgan fingerprint density at radius 2 is 1.81 bits per heavy atom. The summed E-state index contributed by atoms with van der Waals surface area (Å²) < 4.78 is 29.1. The van der Waals surface area contributed by atoms with Gasteiger partial charge in [-0.05, 0) is 28.5 Å². The van der Waals surface area contributed by atoms with Gasteiger partial charge in [-0.15, -0.1) is 0 Å². The van der Waals surface area contributed by atoms with E-state index in [4.69, 9.17) is 9.47 Å². The predicted octanol–water partition coefficient (Wildman–Crippen LogP) is 2.98. The molecule has 3 heterocycles. The molecule has 2 aromatic carbocycles. The second-order valence-corrected chi connectivity index (χ2v) is 6.33. The average Bonchev–Trinajstić information content (AvgIpc) is 3.43. The molecule has 1 aliphatic heterocycles. The van der Waals surface area contributed by atoms with Gasteiger partial charge in [0.05, 0.1) is 28.5 Å². The number of anilines is 3. The lowest BCUT2D eigenvalue weighted by molar-refractivity contribution is -0.385. The van der Waals surface area contributed by atoms with Gasteiger partial charge in [0.1, 0.15) is 5.82 Å². The summed E-state index contributed by atoms with van der Waals surface area (Å²) in [7, 11) is 0. The summed E-state index contributed by atoms with van der Waals surface area (Å²) in [5.41, 5.74) is 2.86. The first-order valence-corrected chi connectivity index (χ1v) is 8.97. The topological polar surface area (TPSA) is 163 Å². The van der Waals surface area contributed by atoms with Gasteiger partial charge in [-0.25, -0.2) is 14.0 Å². The van der Waals surface area contributed by atoms with Crippen LogP contribution in [0.15, 0.2) is 46.1 Å². The van der Waals surface area contributed by atoms with E-state index >= 15 is 0 Å². The van der Waals surface area contributed by atoms with Crippen LogP contribution >= 0.6 is 0 Å². The van der Waals surface area contributed by atoms with E-state index in [1.54, 1.807) is 12.1 Å². The molecule has 2 aromatic heterocycles. The lowest BCUT2D eigenvalue weighted by atomic mass is 10.1. The molecular weight excluding hydrogens is 427 g/mol. The number of hydrazone groups is 1. The summed E-state index contributed by atoms with van der Waals surface area (Å²) in [4.78, 5) is 19.2. The maximum atomic E-state index is 14.1. The Bertz CT molecular complexity index is 1370. The minimum Gasteiger partial charge on any atom is -0.454 e. The van der Waals surface area contributed by atoms with E-state index in [0.717, 1.165) is 0 Å². The molecule has 0 bridgehead atoms. The van der Waals surface area contributed by atoms with Crippen LogP contribution in [0.4, 0.5) is 27.4 Å². The molecule has 0 spiro atoms. The van der Waals surface area contributed by atoms with Crippen molar-refractivity contribution in [3.63, 3.8) is 0 Å². The molecule has 0 amide bonds. The molecule has 0 radical (unpaired) electrons. The third-order valence-corrected chi connectivity index (χ3v) is 4.33. The van der Waals surface area contributed by atoms with E-state index < -0.39 is 10.7 Å². The van der Waals surface area contributed by atoms with Crippen LogP contribution in [0.25, 0.3) is 11.3 Å². The van der Waals surface area contributed by atoms with Crippen molar-refractivity contribution < 1.29 is 23.4 Å². The van der Waals surface area contributed by atoms with E-state index in [9.17, 15) is 14.5 Å². The smallest absolute Gasteiger partial charge is 0.282 e. The number of aromatic nitrogens is 4. The van der Waals surface area contributed by atoms with Crippen molar-refractivity contribution in [1.29, 1.82) is 0 Å². The van der Waals surface area contributed by atoms with E-state index in [2.05, 4.69) is 40.8 Å². The van der Waals surface area contributed by atoms with Gasteiger partial charge in [0.2, 0.25) is 18.1 Å². The number of ether oxygens (including phenoxy) is 2. The van der Waals surface area contributed by atoms with Gasteiger partial charge in [0, 0.05) is 0 Å². The van der Waals surface area contributed by atoms with Crippen molar-refractivity contribution in [2.75, 3.05) is 17.5 Å². The molecule has 13 nitrogen and oxygen atoms in total. The monoisotopic (exact) mass is 438 g/mol. The van der Waals surface area contributed by atoms with Crippen molar-refractivity contribution in [2.24, 2.45) is 5.10 Å². The molecule has 1 aliphatic rings.